The van der Waals surface area contributed by atoms with Crippen molar-refractivity contribution in [1.82, 2.24) is 0 Å². The van der Waals surface area contributed by atoms with Crippen LogP contribution < -0.4 is 9.47 Å². The Bertz CT molecular complexity index is 731. The maximum atomic E-state index is 11.4. The Morgan fingerprint density at radius 1 is 1.00 bits per heavy atom. The number of hydrogen-bond acceptors (Lipinski definition) is 4. The number of benzene rings is 2. The Hall–Kier alpha value is -3.08. The normalized spacial score (nSPS) is 10.5. The van der Waals surface area contributed by atoms with Crippen LogP contribution in [0.25, 0.3) is 10.8 Å². The molecule has 2 aromatic rings. The summed E-state index contributed by atoms with van der Waals surface area (Å²) in [7, 11) is 0. The molecule has 0 fully saturated rings. The van der Waals surface area contributed by atoms with Crippen LogP contribution in [0.2, 0.25) is 0 Å². The van der Waals surface area contributed by atoms with Crippen LogP contribution in [-0.2, 0) is 9.59 Å². The summed E-state index contributed by atoms with van der Waals surface area (Å²) in [5.74, 6) is -1.03. The lowest BCUT2D eigenvalue weighted by Crippen LogP contribution is -2.04. The van der Waals surface area contributed by atoms with Crippen molar-refractivity contribution in [3.8, 4) is 11.5 Å². The molecule has 0 aromatic heterocycles. The molecule has 5 nitrogen and oxygen atoms in total. The Morgan fingerprint density at radius 3 is 2.33 bits per heavy atom. The first-order valence-electron chi connectivity index (χ1n) is 6.02. The van der Waals surface area contributed by atoms with Crippen molar-refractivity contribution in [2.75, 3.05) is 0 Å². The smallest absolute Gasteiger partial charge is 0.336 e. The standard InChI is InChI=1S/C16H12O5/c1-2-20-13-5-3-11-4-6-14(10-12(11)9-13)21-16(19)8-7-15(17)18/h2-10H,1H2,(H,17,18)/b8-7-. The molecule has 0 aliphatic heterocycles. The lowest BCUT2D eigenvalue weighted by molar-refractivity contribution is -0.133. The molecule has 106 valence electrons. The van der Waals surface area contributed by atoms with Gasteiger partial charge in [-0.05, 0) is 35.0 Å². The first-order valence-corrected chi connectivity index (χ1v) is 6.02. The minimum absolute atomic E-state index is 0.318. The van der Waals surface area contributed by atoms with Crippen molar-refractivity contribution in [3.05, 3.63) is 61.4 Å². The lowest BCUT2D eigenvalue weighted by atomic mass is 10.1. The second-order valence-corrected chi connectivity index (χ2v) is 4.05. The van der Waals surface area contributed by atoms with Crippen molar-refractivity contribution in [2.24, 2.45) is 0 Å². The maximum absolute atomic E-state index is 11.4. The van der Waals surface area contributed by atoms with Crippen molar-refractivity contribution < 1.29 is 24.2 Å². The highest BCUT2D eigenvalue weighted by molar-refractivity contribution is 5.92. The first kappa shape index (κ1) is 14.3. The third-order valence-electron chi connectivity index (χ3n) is 2.58. The second-order valence-electron chi connectivity index (χ2n) is 4.05. The molecule has 2 aromatic carbocycles. The molecule has 0 saturated carbocycles. The minimum Gasteiger partial charge on any atom is -0.478 e. The van der Waals surface area contributed by atoms with E-state index in [0.29, 0.717) is 11.5 Å². The van der Waals surface area contributed by atoms with Gasteiger partial charge in [0.15, 0.2) is 0 Å². The molecular weight excluding hydrogens is 272 g/mol. The molecule has 0 aliphatic carbocycles. The summed E-state index contributed by atoms with van der Waals surface area (Å²) < 4.78 is 10.2. The van der Waals surface area contributed by atoms with Gasteiger partial charge in [-0.15, -0.1) is 0 Å². The van der Waals surface area contributed by atoms with Gasteiger partial charge >= 0.3 is 11.9 Å². The highest BCUT2D eigenvalue weighted by Gasteiger charge is 2.04. The summed E-state index contributed by atoms with van der Waals surface area (Å²) in [6, 6.07) is 10.5. The molecule has 21 heavy (non-hydrogen) atoms. The number of hydrogen-bond donors (Lipinski definition) is 1. The Labute approximate surface area is 120 Å². The highest BCUT2D eigenvalue weighted by atomic mass is 16.5. The molecule has 0 radical (unpaired) electrons. The number of fused-ring (bicyclic) bond motifs is 1. The number of carbonyl (C=O) groups excluding carboxylic acids is 1. The van der Waals surface area contributed by atoms with E-state index < -0.39 is 11.9 Å². The molecular formula is C16H12O5. The molecule has 0 saturated heterocycles. The number of carbonyl (C=O) groups is 2. The largest absolute Gasteiger partial charge is 0.478 e. The number of aliphatic carboxylic acids is 1. The van der Waals surface area contributed by atoms with Gasteiger partial charge in [0.25, 0.3) is 0 Å². The number of ether oxygens (including phenoxy) is 2. The molecule has 0 unspecified atom stereocenters. The van der Waals surface area contributed by atoms with E-state index in [4.69, 9.17) is 14.6 Å². The minimum atomic E-state index is -1.21. The van der Waals surface area contributed by atoms with Gasteiger partial charge in [0, 0.05) is 12.2 Å². The average molecular weight is 284 g/mol. The molecule has 0 aliphatic rings. The Kier molecular flexibility index (Phi) is 4.36. The van der Waals surface area contributed by atoms with Crippen molar-refractivity contribution >= 4 is 22.7 Å². The monoisotopic (exact) mass is 284 g/mol. The van der Waals surface area contributed by atoms with Gasteiger partial charge in [-0.25, -0.2) is 9.59 Å². The molecule has 0 bridgehead atoms. The molecule has 0 amide bonds. The number of carboxylic acids is 1. The third-order valence-corrected chi connectivity index (χ3v) is 2.58. The van der Waals surface area contributed by atoms with Crippen molar-refractivity contribution in [2.45, 2.75) is 0 Å². The van der Waals surface area contributed by atoms with Crippen LogP contribution in [0.4, 0.5) is 0 Å². The summed E-state index contributed by atoms with van der Waals surface area (Å²) in [4.78, 5) is 21.7. The number of rotatable bonds is 5. The van der Waals surface area contributed by atoms with Gasteiger partial charge in [-0.1, -0.05) is 18.7 Å². The Balaban J connectivity index is 2.22. The van der Waals surface area contributed by atoms with E-state index in [1.54, 1.807) is 30.3 Å². The predicted molar refractivity (Wildman–Crippen MR) is 77.2 cm³/mol. The fraction of sp³-hybridized carbons (Fsp3) is 0. The van der Waals surface area contributed by atoms with Gasteiger partial charge in [0.2, 0.25) is 0 Å². The second kappa shape index (κ2) is 6.38. The summed E-state index contributed by atoms with van der Waals surface area (Å²) in [5.41, 5.74) is 0. The van der Waals surface area contributed by atoms with Crippen molar-refractivity contribution in [3.63, 3.8) is 0 Å². The van der Waals surface area contributed by atoms with E-state index in [1.165, 1.54) is 6.26 Å². The average Bonchev–Trinajstić information content (AvgIpc) is 2.45. The van der Waals surface area contributed by atoms with E-state index in [-0.39, 0.29) is 0 Å². The molecule has 0 heterocycles. The quantitative estimate of drug-likeness (QED) is 0.395. The van der Waals surface area contributed by atoms with Crippen LogP contribution >= 0.6 is 0 Å². The van der Waals surface area contributed by atoms with Crippen LogP contribution in [0.1, 0.15) is 0 Å². The van der Waals surface area contributed by atoms with E-state index >= 15 is 0 Å². The summed E-state index contributed by atoms with van der Waals surface area (Å²) in [6.07, 6.45) is 2.89. The molecule has 0 atom stereocenters. The Morgan fingerprint density at radius 2 is 1.67 bits per heavy atom. The lowest BCUT2D eigenvalue weighted by Gasteiger charge is -2.05. The zero-order chi connectivity index (χ0) is 15.2. The molecule has 1 N–H and O–H groups in total. The van der Waals surface area contributed by atoms with E-state index in [2.05, 4.69) is 6.58 Å². The van der Waals surface area contributed by atoms with Crippen LogP contribution in [0.3, 0.4) is 0 Å². The maximum Gasteiger partial charge on any atom is 0.336 e. The fourth-order valence-electron chi connectivity index (χ4n) is 1.73. The van der Waals surface area contributed by atoms with E-state index in [0.717, 1.165) is 22.9 Å². The summed E-state index contributed by atoms with van der Waals surface area (Å²) in [6.45, 7) is 3.48. The first-order chi connectivity index (χ1) is 10.1. The van der Waals surface area contributed by atoms with E-state index in [1.807, 2.05) is 6.07 Å². The SMILES string of the molecule is C=COc1ccc2ccc(OC(=O)/C=C\C(=O)O)cc2c1. The summed E-state index contributed by atoms with van der Waals surface area (Å²) in [5, 5.41) is 10.2. The van der Waals surface area contributed by atoms with Crippen LogP contribution in [0.5, 0.6) is 11.5 Å². The topological polar surface area (TPSA) is 72.8 Å². The van der Waals surface area contributed by atoms with Crippen molar-refractivity contribution in [1.29, 1.82) is 0 Å². The van der Waals surface area contributed by atoms with Gasteiger partial charge in [0.1, 0.15) is 11.5 Å². The van der Waals surface area contributed by atoms with Gasteiger partial charge in [-0.2, -0.15) is 0 Å². The van der Waals surface area contributed by atoms with Gasteiger partial charge in [-0.3, -0.25) is 0 Å². The molecule has 0 spiro atoms. The number of carboxylic acid groups (broad SMARTS) is 1. The zero-order valence-corrected chi connectivity index (χ0v) is 11.0. The van der Waals surface area contributed by atoms with Crippen LogP contribution in [-0.4, -0.2) is 17.0 Å². The predicted octanol–water partition coefficient (Wildman–Crippen LogP) is 2.91. The zero-order valence-electron chi connectivity index (χ0n) is 11.0. The fourth-order valence-corrected chi connectivity index (χ4v) is 1.73. The van der Waals surface area contributed by atoms with Crippen LogP contribution in [0.15, 0.2) is 61.4 Å². The molecule has 5 heteroatoms. The van der Waals surface area contributed by atoms with Gasteiger partial charge in [0.05, 0.1) is 6.26 Å². The highest BCUT2D eigenvalue weighted by Crippen LogP contribution is 2.25. The van der Waals surface area contributed by atoms with Gasteiger partial charge < -0.3 is 14.6 Å². The molecule has 2 rings (SSSR count). The van der Waals surface area contributed by atoms with E-state index in [9.17, 15) is 9.59 Å². The van der Waals surface area contributed by atoms with Crippen LogP contribution in [0, 0.1) is 0 Å². The summed E-state index contributed by atoms with van der Waals surface area (Å²) >= 11 is 0. The number of esters is 1. The third kappa shape index (κ3) is 3.94.